The van der Waals surface area contributed by atoms with Gasteiger partial charge in [-0.15, -0.1) is 0 Å². The summed E-state index contributed by atoms with van der Waals surface area (Å²) >= 11 is 0. The second-order valence-corrected chi connectivity index (χ2v) is 10.5. The van der Waals surface area contributed by atoms with E-state index in [0.717, 1.165) is 43.6 Å². The molecule has 41 heavy (non-hydrogen) atoms. The summed E-state index contributed by atoms with van der Waals surface area (Å²) in [5.41, 5.74) is 4.20. The van der Waals surface area contributed by atoms with E-state index >= 15 is 0 Å². The topological polar surface area (TPSA) is 90.9 Å². The standard InChI is InChI=1S/C16H18N2O2.C15H14F2N2O2/c1-12-4-2-3-5-13(12)9-17-6-7-18-11-16(20)15(19)8-14(18)10-17;16-11-3-10(4-12(17)5-11)7-18-1-2-19-9-15(21)14(20)6-13(19)8-18/h2-5,8,11,20H,6-7,9-10H2,1H3;3-6,9,21H,1-2,7-8H2. The molecule has 0 aliphatic carbocycles. The Hall–Kier alpha value is -4.28. The van der Waals surface area contributed by atoms with Crippen LogP contribution in [0.3, 0.4) is 0 Å². The maximum absolute atomic E-state index is 13.2. The zero-order valence-corrected chi connectivity index (χ0v) is 22.8. The minimum atomic E-state index is -0.594. The molecule has 0 radical (unpaired) electrons. The number of hydrogen-bond acceptors (Lipinski definition) is 6. The Labute approximate surface area is 236 Å². The highest BCUT2D eigenvalue weighted by atomic mass is 19.1. The van der Waals surface area contributed by atoms with Crippen molar-refractivity contribution in [1.29, 1.82) is 0 Å². The second-order valence-electron chi connectivity index (χ2n) is 10.5. The molecule has 2 aromatic heterocycles. The number of hydrogen-bond donors (Lipinski definition) is 2. The quantitative estimate of drug-likeness (QED) is 0.394. The smallest absolute Gasteiger partial charge is 0.223 e. The average Bonchev–Trinajstić information content (AvgIpc) is 2.91. The number of benzene rings is 2. The highest BCUT2D eigenvalue weighted by Crippen LogP contribution is 2.19. The van der Waals surface area contributed by atoms with Crippen molar-refractivity contribution in [3.05, 3.63) is 127 Å². The van der Waals surface area contributed by atoms with Crippen LogP contribution in [0.5, 0.6) is 11.5 Å². The van der Waals surface area contributed by atoms with Gasteiger partial charge in [0.15, 0.2) is 11.5 Å². The highest BCUT2D eigenvalue weighted by molar-refractivity contribution is 5.26. The van der Waals surface area contributed by atoms with Gasteiger partial charge in [-0.3, -0.25) is 19.4 Å². The summed E-state index contributed by atoms with van der Waals surface area (Å²) in [6.45, 7) is 7.66. The number of aryl methyl sites for hydroxylation is 1. The third-order valence-electron chi connectivity index (χ3n) is 7.46. The predicted octanol–water partition coefficient (Wildman–Crippen LogP) is 3.73. The number of rotatable bonds is 4. The molecular formula is C31H32F2N4O4. The summed E-state index contributed by atoms with van der Waals surface area (Å²) in [5.74, 6) is -1.62. The van der Waals surface area contributed by atoms with Crippen molar-refractivity contribution in [2.75, 3.05) is 13.1 Å². The van der Waals surface area contributed by atoms with Crippen LogP contribution >= 0.6 is 0 Å². The second kappa shape index (κ2) is 12.1. The summed E-state index contributed by atoms with van der Waals surface area (Å²) in [6.07, 6.45) is 2.97. The fraction of sp³-hybridized carbons (Fsp3) is 0.290. The zero-order valence-electron chi connectivity index (χ0n) is 22.8. The molecule has 2 aromatic carbocycles. The molecule has 0 atom stereocenters. The first-order valence-electron chi connectivity index (χ1n) is 13.4. The number of aromatic hydroxyl groups is 2. The molecule has 10 heteroatoms. The Bertz CT molecular complexity index is 1660. The molecule has 4 aromatic rings. The van der Waals surface area contributed by atoms with E-state index in [1.807, 2.05) is 20.1 Å². The first kappa shape index (κ1) is 28.3. The highest BCUT2D eigenvalue weighted by Gasteiger charge is 2.19. The van der Waals surface area contributed by atoms with E-state index in [2.05, 4.69) is 30.0 Å². The van der Waals surface area contributed by atoms with Crippen molar-refractivity contribution in [2.45, 2.75) is 46.2 Å². The maximum Gasteiger partial charge on any atom is 0.223 e. The van der Waals surface area contributed by atoms with E-state index in [1.165, 1.54) is 35.5 Å². The number of halogens is 2. The molecule has 0 saturated carbocycles. The van der Waals surface area contributed by atoms with Crippen LogP contribution in [0.1, 0.15) is 28.1 Å². The molecule has 214 valence electrons. The molecule has 2 aliphatic rings. The Kier molecular flexibility index (Phi) is 8.32. The van der Waals surface area contributed by atoms with Gasteiger partial charge in [0.05, 0.1) is 12.4 Å². The molecule has 0 amide bonds. The monoisotopic (exact) mass is 562 g/mol. The van der Waals surface area contributed by atoms with Gasteiger partial charge in [0.2, 0.25) is 10.9 Å². The fourth-order valence-corrected chi connectivity index (χ4v) is 5.27. The van der Waals surface area contributed by atoms with Gasteiger partial charge in [0.25, 0.3) is 0 Å². The molecule has 0 unspecified atom stereocenters. The molecule has 2 aliphatic heterocycles. The first-order valence-corrected chi connectivity index (χ1v) is 13.4. The van der Waals surface area contributed by atoms with E-state index in [4.69, 9.17) is 0 Å². The van der Waals surface area contributed by atoms with Crippen LogP contribution in [-0.2, 0) is 39.3 Å². The van der Waals surface area contributed by atoms with Crippen molar-refractivity contribution in [2.24, 2.45) is 0 Å². The zero-order chi connectivity index (χ0) is 29.1. The van der Waals surface area contributed by atoms with Gasteiger partial charge in [-0.05, 0) is 35.7 Å². The SMILES string of the molecule is Cc1ccccc1CN1CCn2cc(O)c(=O)cc2C1.O=c1cc2n(cc1O)CCN(Cc1cc(F)cc(F)c1)C2. The van der Waals surface area contributed by atoms with E-state index < -0.39 is 17.1 Å². The summed E-state index contributed by atoms with van der Waals surface area (Å²) < 4.78 is 30.2. The largest absolute Gasteiger partial charge is 0.503 e. The number of fused-ring (bicyclic) bond motifs is 2. The van der Waals surface area contributed by atoms with Crippen LogP contribution in [0.2, 0.25) is 0 Å². The number of aromatic nitrogens is 2. The lowest BCUT2D eigenvalue weighted by molar-refractivity contribution is 0.209. The predicted molar refractivity (Wildman–Crippen MR) is 150 cm³/mol. The molecule has 2 N–H and O–H groups in total. The lowest BCUT2D eigenvalue weighted by Crippen LogP contribution is -2.34. The summed E-state index contributed by atoms with van der Waals surface area (Å²) in [6, 6.07) is 14.8. The van der Waals surface area contributed by atoms with Crippen molar-refractivity contribution >= 4 is 0 Å². The molecule has 0 bridgehead atoms. The summed E-state index contributed by atoms with van der Waals surface area (Å²) in [4.78, 5) is 27.3. The molecule has 0 fully saturated rings. The third kappa shape index (κ3) is 6.90. The lowest BCUT2D eigenvalue weighted by atomic mass is 10.1. The van der Waals surface area contributed by atoms with E-state index in [9.17, 15) is 28.6 Å². The van der Waals surface area contributed by atoms with Crippen LogP contribution in [0.25, 0.3) is 0 Å². The minimum Gasteiger partial charge on any atom is -0.503 e. The van der Waals surface area contributed by atoms with Crippen LogP contribution in [0.4, 0.5) is 8.78 Å². The molecule has 4 heterocycles. The molecular weight excluding hydrogens is 530 g/mol. The number of pyridine rings is 2. The Balaban J connectivity index is 0.000000165. The van der Waals surface area contributed by atoms with Crippen molar-refractivity contribution in [3.8, 4) is 11.5 Å². The Morgan fingerprint density at radius 1 is 0.707 bits per heavy atom. The van der Waals surface area contributed by atoms with Gasteiger partial charge in [0, 0.05) is 81.9 Å². The van der Waals surface area contributed by atoms with E-state index in [0.29, 0.717) is 31.7 Å². The molecule has 0 spiro atoms. The van der Waals surface area contributed by atoms with Crippen molar-refractivity contribution in [3.63, 3.8) is 0 Å². The maximum atomic E-state index is 13.2. The van der Waals surface area contributed by atoms with Crippen LogP contribution in [0.15, 0.2) is 76.6 Å². The van der Waals surface area contributed by atoms with Gasteiger partial charge in [0.1, 0.15) is 11.6 Å². The molecule has 0 saturated heterocycles. The van der Waals surface area contributed by atoms with Crippen LogP contribution in [-0.4, -0.2) is 42.2 Å². The van der Waals surface area contributed by atoms with E-state index in [1.54, 1.807) is 12.3 Å². The first-order chi connectivity index (χ1) is 19.6. The van der Waals surface area contributed by atoms with Gasteiger partial charge in [-0.1, -0.05) is 24.3 Å². The van der Waals surface area contributed by atoms with Crippen molar-refractivity contribution in [1.82, 2.24) is 18.9 Å². The normalized spacial score (nSPS) is 15.0. The lowest BCUT2D eigenvalue weighted by Gasteiger charge is -2.30. The van der Waals surface area contributed by atoms with E-state index in [-0.39, 0.29) is 16.9 Å². The Morgan fingerprint density at radius 3 is 1.76 bits per heavy atom. The Morgan fingerprint density at radius 2 is 1.22 bits per heavy atom. The van der Waals surface area contributed by atoms with Gasteiger partial charge in [-0.25, -0.2) is 8.78 Å². The van der Waals surface area contributed by atoms with Crippen LogP contribution < -0.4 is 10.9 Å². The number of nitrogens with zero attached hydrogens (tertiary/aromatic N) is 4. The van der Waals surface area contributed by atoms with Crippen molar-refractivity contribution < 1.29 is 19.0 Å². The van der Waals surface area contributed by atoms with Crippen LogP contribution in [0, 0.1) is 18.6 Å². The summed E-state index contributed by atoms with van der Waals surface area (Å²) in [7, 11) is 0. The average molecular weight is 563 g/mol. The van der Waals surface area contributed by atoms with Gasteiger partial charge >= 0.3 is 0 Å². The minimum absolute atomic E-state index is 0.166. The molecule has 8 nitrogen and oxygen atoms in total. The molecule has 6 rings (SSSR count). The van der Waals surface area contributed by atoms with Gasteiger partial charge in [-0.2, -0.15) is 0 Å². The summed E-state index contributed by atoms with van der Waals surface area (Å²) in [5, 5.41) is 18.9. The fourth-order valence-electron chi connectivity index (χ4n) is 5.27. The van der Waals surface area contributed by atoms with Gasteiger partial charge < -0.3 is 19.3 Å². The third-order valence-corrected chi connectivity index (χ3v) is 7.46.